The summed E-state index contributed by atoms with van der Waals surface area (Å²) in [5.41, 5.74) is 5.35. The van der Waals surface area contributed by atoms with E-state index in [4.69, 9.17) is 24.3 Å². The first-order chi connectivity index (χ1) is 31.8. The molecule has 0 spiro atoms. The summed E-state index contributed by atoms with van der Waals surface area (Å²) in [5, 5.41) is 0. The molecular formula is C55H98NO8P. The molecule has 0 fully saturated rings. The Hall–Kier alpha value is -2.55. The molecule has 376 valence electrons. The number of carbonyl (C=O) groups is 2. The first-order valence-corrected chi connectivity index (χ1v) is 27.9. The highest BCUT2D eigenvalue weighted by molar-refractivity contribution is 7.47. The Labute approximate surface area is 399 Å². The summed E-state index contributed by atoms with van der Waals surface area (Å²) in [5.74, 6) is -0.830. The molecule has 0 saturated heterocycles. The number of phosphoric acid groups is 1. The molecule has 10 heteroatoms. The van der Waals surface area contributed by atoms with Gasteiger partial charge in [0, 0.05) is 19.4 Å². The zero-order valence-electron chi connectivity index (χ0n) is 41.7. The summed E-state index contributed by atoms with van der Waals surface area (Å²) in [6, 6.07) is 0. The maximum atomic E-state index is 12.6. The van der Waals surface area contributed by atoms with Crippen molar-refractivity contribution in [3.05, 3.63) is 72.9 Å². The topological polar surface area (TPSA) is 134 Å². The molecule has 0 aliphatic carbocycles. The van der Waals surface area contributed by atoms with E-state index in [-0.39, 0.29) is 38.6 Å². The lowest BCUT2D eigenvalue weighted by molar-refractivity contribution is -0.161. The zero-order chi connectivity index (χ0) is 47.4. The highest BCUT2D eigenvalue weighted by Gasteiger charge is 2.26. The van der Waals surface area contributed by atoms with Gasteiger partial charge in [-0.1, -0.05) is 228 Å². The number of carbonyl (C=O) groups excluding carboxylic acids is 2. The monoisotopic (exact) mass is 932 g/mol. The average Bonchev–Trinajstić information content (AvgIpc) is 3.30. The van der Waals surface area contributed by atoms with Crippen LogP contribution in [0.2, 0.25) is 0 Å². The van der Waals surface area contributed by atoms with Crippen molar-refractivity contribution in [2.45, 2.75) is 238 Å². The molecule has 2 unspecified atom stereocenters. The summed E-state index contributed by atoms with van der Waals surface area (Å²) >= 11 is 0. The molecule has 0 aromatic rings. The summed E-state index contributed by atoms with van der Waals surface area (Å²) < 4.78 is 32.7. The number of unbranched alkanes of at least 4 members (excludes halogenated alkanes) is 24. The van der Waals surface area contributed by atoms with Crippen LogP contribution in [-0.2, 0) is 32.7 Å². The van der Waals surface area contributed by atoms with Crippen molar-refractivity contribution in [1.82, 2.24) is 0 Å². The molecule has 9 nitrogen and oxygen atoms in total. The second-order valence-electron chi connectivity index (χ2n) is 17.4. The van der Waals surface area contributed by atoms with E-state index < -0.39 is 26.5 Å². The molecule has 0 aromatic heterocycles. The van der Waals surface area contributed by atoms with Gasteiger partial charge in [0.2, 0.25) is 0 Å². The van der Waals surface area contributed by atoms with Gasteiger partial charge in [0.15, 0.2) is 6.10 Å². The molecule has 65 heavy (non-hydrogen) atoms. The molecule has 0 aliphatic heterocycles. The number of rotatable bonds is 49. The van der Waals surface area contributed by atoms with Gasteiger partial charge in [0.05, 0.1) is 13.2 Å². The Bertz CT molecular complexity index is 1290. The van der Waals surface area contributed by atoms with Gasteiger partial charge in [0.1, 0.15) is 6.61 Å². The number of nitrogens with two attached hydrogens (primary N) is 1. The van der Waals surface area contributed by atoms with Crippen LogP contribution < -0.4 is 5.73 Å². The minimum atomic E-state index is -4.37. The number of phosphoric ester groups is 1. The van der Waals surface area contributed by atoms with Gasteiger partial charge in [-0.15, -0.1) is 0 Å². The first-order valence-electron chi connectivity index (χ1n) is 26.4. The van der Waals surface area contributed by atoms with E-state index in [0.717, 1.165) is 77.0 Å². The minimum absolute atomic E-state index is 0.0535. The summed E-state index contributed by atoms with van der Waals surface area (Å²) in [4.78, 5) is 34.8. The second-order valence-corrected chi connectivity index (χ2v) is 18.8. The van der Waals surface area contributed by atoms with Crippen molar-refractivity contribution in [2.75, 3.05) is 26.4 Å². The molecule has 0 aliphatic rings. The molecular weight excluding hydrogens is 834 g/mol. The molecule has 3 N–H and O–H groups in total. The van der Waals surface area contributed by atoms with Crippen LogP contribution in [0, 0.1) is 0 Å². The fourth-order valence-electron chi connectivity index (χ4n) is 7.23. The molecule has 0 rings (SSSR count). The van der Waals surface area contributed by atoms with Crippen LogP contribution in [0.25, 0.3) is 0 Å². The lowest BCUT2D eigenvalue weighted by Gasteiger charge is -2.19. The van der Waals surface area contributed by atoms with Crippen LogP contribution in [0.15, 0.2) is 72.9 Å². The lowest BCUT2D eigenvalue weighted by atomic mass is 10.0. The molecule has 0 amide bonds. The van der Waals surface area contributed by atoms with E-state index in [0.29, 0.717) is 6.42 Å². The third-order valence-corrected chi connectivity index (χ3v) is 12.1. The molecule has 0 bridgehead atoms. The van der Waals surface area contributed by atoms with Crippen molar-refractivity contribution in [2.24, 2.45) is 5.73 Å². The van der Waals surface area contributed by atoms with Gasteiger partial charge in [0.25, 0.3) is 0 Å². The van der Waals surface area contributed by atoms with Crippen molar-refractivity contribution < 1.29 is 37.6 Å². The van der Waals surface area contributed by atoms with Crippen molar-refractivity contribution in [3.8, 4) is 0 Å². The number of esters is 2. The van der Waals surface area contributed by atoms with Gasteiger partial charge in [-0.25, -0.2) is 4.57 Å². The van der Waals surface area contributed by atoms with E-state index in [2.05, 4.69) is 86.8 Å². The molecule has 0 heterocycles. The van der Waals surface area contributed by atoms with E-state index in [1.165, 1.54) is 122 Å². The number of hydrogen-bond acceptors (Lipinski definition) is 8. The Balaban J connectivity index is 3.76. The number of hydrogen-bond donors (Lipinski definition) is 2. The van der Waals surface area contributed by atoms with Crippen LogP contribution in [0.5, 0.6) is 0 Å². The third-order valence-electron chi connectivity index (χ3n) is 11.1. The van der Waals surface area contributed by atoms with Crippen LogP contribution in [0.3, 0.4) is 0 Å². The Morgan fingerprint density at radius 1 is 0.477 bits per heavy atom. The van der Waals surface area contributed by atoms with Gasteiger partial charge in [-0.05, 0) is 64.2 Å². The van der Waals surface area contributed by atoms with Gasteiger partial charge in [-0.2, -0.15) is 0 Å². The molecule has 0 saturated carbocycles. The fraction of sp³-hybridized carbons (Fsp3) is 0.745. The lowest BCUT2D eigenvalue weighted by Crippen LogP contribution is -2.29. The molecule has 0 radical (unpaired) electrons. The quantitative estimate of drug-likeness (QED) is 0.0265. The van der Waals surface area contributed by atoms with Crippen LogP contribution in [0.4, 0.5) is 0 Å². The normalized spacial score (nSPS) is 13.7. The van der Waals surface area contributed by atoms with Gasteiger partial charge >= 0.3 is 19.8 Å². The maximum absolute atomic E-state index is 12.6. The van der Waals surface area contributed by atoms with Crippen molar-refractivity contribution in [3.63, 3.8) is 0 Å². The van der Waals surface area contributed by atoms with Crippen LogP contribution >= 0.6 is 7.82 Å². The average molecular weight is 932 g/mol. The summed E-state index contributed by atoms with van der Waals surface area (Å²) in [6.45, 7) is 3.58. The zero-order valence-corrected chi connectivity index (χ0v) is 42.6. The van der Waals surface area contributed by atoms with E-state index in [1.54, 1.807) is 0 Å². The van der Waals surface area contributed by atoms with E-state index in [1.807, 2.05) is 0 Å². The smallest absolute Gasteiger partial charge is 0.462 e. The van der Waals surface area contributed by atoms with Crippen LogP contribution in [0.1, 0.15) is 232 Å². The summed E-state index contributed by atoms with van der Waals surface area (Å²) in [6.07, 6.45) is 64.3. The highest BCUT2D eigenvalue weighted by Crippen LogP contribution is 2.43. The Morgan fingerprint density at radius 3 is 1.26 bits per heavy atom. The summed E-state index contributed by atoms with van der Waals surface area (Å²) in [7, 11) is -4.37. The first kappa shape index (κ1) is 62.4. The minimum Gasteiger partial charge on any atom is -0.462 e. The predicted octanol–water partition coefficient (Wildman–Crippen LogP) is 16.2. The SMILES string of the molecule is CC/C=C\C/C=C\C/C=C\C/C=C\C/C=C\C/C=C\CCCCCCCCCCCCCCCCCCCCC(=O)OC(COC(=O)CCCCCCCCC)COP(=O)(O)OCCN. The number of ether oxygens (including phenoxy) is 2. The van der Waals surface area contributed by atoms with Crippen molar-refractivity contribution >= 4 is 19.8 Å². The van der Waals surface area contributed by atoms with Crippen molar-refractivity contribution in [1.29, 1.82) is 0 Å². The standard InChI is InChI=1S/C55H98NO8P/c1-3-5-7-9-11-12-13-14-15-16-17-18-19-20-21-22-23-24-25-26-27-28-29-30-31-32-33-34-35-36-37-38-39-40-42-44-46-48-55(58)64-53(52-63-65(59,60)62-50-49-56)51-61-54(57)47-45-43-41-10-8-6-4-2/h5,7,11-12,14-15,17-18,20-21,23-24,53H,3-4,6,8-10,13,16,19,22,25-52,56H2,1-2H3,(H,59,60)/b7-5-,12-11-,15-14-,18-17-,21-20-,24-23-. The van der Waals surface area contributed by atoms with Gasteiger partial charge < -0.3 is 20.1 Å². The fourth-order valence-corrected chi connectivity index (χ4v) is 7.99. The van der Waals surface area contributed by atoms with E-state index in [9.17, 15) is 19.0 Å². The number of allylic oxidation sites excluding steroid dienone is 12. The second kappa shape index (κ2) is 50.9. The Kier molecular flexibility index (Phi) is 48.9. The van der Waals surface area contributed by atoms with Gasteiger partial charge in [-0.3, -0.25) is 18.6 Å². The predicted molar refractivity (Wildman–Crippen MR) is 275 cm³/mol. The highest BCUT2D eigenvalue weighted by atomic mass is 31.2. The van der Waals surface area contributed by atoms with E-state index >= 15 is 0 Å². The molecule has 2 atom stereocenters. The Morgan fingerprint density at radius 2 is 0.846 bits per heavy atom. The largest absolute Gasteiger partial charge is 0.472 e. The van der Waals surface area contributed by atoms with Crippen LogP contribution in [-0.4, -0.2) is 49.3 Å². The maximum Gasteiger partial charge on any atom is 0.472 e. The third kappa shape index (κ3) is 50.7. The molecule has 0 aromatic carbocycles.